The Bertz CT molecular complexity index is 1550. The molecule has 0 radical (unpaired) electrons. The third-order valence-corrected chi connectivity index (χ3v) is 7.58. The van der Waals surface area contributed by atoms with E-state index in [0.29, 0.717) is 17.6 Å². The molecule has 206 valence electrons. The number of nitrogens with zero attached hydrogens (tertiary/aromatic N) is 5. The van der Waals surface area contributed by atoms with Gasteiger partial charge in [0.05, 0.1) is 18.1 Å². The van der Waals surface area contributed by atoms with E-state index >= 15 is 4.39 Å². The van der Waals surface area contributed by atoms with Gasteiger partial charge in [-0.25, -0.2) is 13.2 Å². The van der Waals surface area contributed by atoms with Crippen molar-refractivity contribution in [1.29, 1.82) is 0 Å². The van der Waals surface area contributed by atoms with Crippen molar-refractivity contribution in [2.24, 2.45) is 0 Å². The summed E-state index contributed by atoms with van der Waals surface area (Å²) in [4.78, 5) is 16.6. The van der Waals surface area contributed by atoms with E-state index in [1.54, 1.807) is 18.2 Å². The molecule has 0 unspecified atom stereocenters. The van der Waals surface area contributed by atoms with Gasteiger partial charge < -0.3 is 30.0 Å². The molecule has 6 rings (SSSR count). The molecule has 3 N–H and O–H groups in total. The summed E-state index contributed by atoms with van der Waals surface area (Å²) in [6, 6.07) is 6.50. The van der Waals surface area contributed by atoms with Crippen molar-refractivity contribution >= 4 is 45.4 Å². The van der Waals surface area contributed by atoms with Crippen LogP contribution in [0.4, 0.5) is 25.0 Å². The summed E-state index contributed by atoms with van der Waals surface area (Å²) in [5, 5.41) is 2.98. The quantitative estimate of drug-likeness (QED) is 0.368. The normalized spacial score (nSPS) is 20.1. The molecule has 0 spiro atoms. The van der Waals surface area contributed by atoms with Crippen molar-refractivity contribution in [3.63, 3.8) is 0 Å². The third-order valence-electron chi connectivity index (χ3n) is 7.28. The van der Waals surface area contributed by atoms with E-state index < -0.39 is 24.8 Å². The van der Waals surface area contributed by atoms with Crippen molar-refractivity contribution < 1.29 is 22.3 Å². The number of rotatable bonds is 5. The number of nitrogens with two attached hydrogens (primary N) is 1. The van der Waals surface area contributed by atoms with E-state index in [-0.39, 0.29) is 64.1 Å². The highest BCUT2D eigenvalue weighted by atomic mass is 35.5. The number of halogens is 4. The number of para-hydroxylation sites is 1. The maximum Gasteiger partial charge on any atom is 0.319 e. The molecule has 9 nitrogen and oxygen atoms in total. The van der Waals surface area contributed by atoms with Gasteiger partial charge in [-0.15, -0.1) is 0 Å². The van der Waals surface area contributed by atoms with E-state index in [2.05, 4.69) is 25.2 Å². The first kappa shape index (κ1) is 25.9. The Hall–Kier alpha value is -3.35. The maximum atomic E-state index is 16.4. The summed E-state index contributed by atoms with van der Waals surface area (Å²) in [5.74, 6) is -3.65. The zero-order valence-electron chi connectivity index (χ0n) is 21.2. The van der Waals surface area contributed by atoms with Gasteiger partial charge in [-0.2, -0.15) is 15.0 Å². The molecule has 0 bridgehead atoms. The summed E-state index contributed by atoms with van der Waals surface area (Å²) in [7, 11) is 2.00. The topological polar surface area (TPSA) is 106 Å². The largest absolute Gasteiger partial charge is 0.462 e. The molecule has 39 heavy (non-hydrogen) atoms. The molecular weight excluding hydrogens is 535 g/mol. The number of likely N-dealkylation sites (N-methyl/N-ethyl adjacent to an activating group) is 1. The van der Waals surface area contributed by atoms with Crippen LogP contribution in [0.1, 0.15) is 12.8 Å². The fourth-order valence-corrected chi connectivity index (χ4v) is 5.61. The van der Waals surface area contributed by atoms with Gasteiger partial charge in [0.25, 0.3) is 11.9 Å². The second kappa shape index (κ2) is 10.00. The van der Waals surface area contributed by atoms with Crippen LogP contribution in [0, 0.1) is 5.82 Å². The zero-order chi connectivity index (χ0) is 27.3. The molecule has 2 fully saturated rings. The fourth-order valence-electron chi connectivity index (χ4n) is 5.32. The number of ether oxygens (including phenoxy) is 1. The van der Waals surface area contributed by atoms with Crippen molar-refractivity contribution in [3.05, 3.63) is 35.1 Å². The van der Waals surface area contributed by atoms with Crippen LogP contribution in [-0.4, -0.2) is 78.2 Å². The molecule has 13 heteroatoms. The van der Waals surface area contributed by atoms with Gasteiger partial charge in [-0.3, -0.25) is 0 Å². The number of hydrogen-bond donors (Lipinski definition) is 2. The van der Waals surface area contributed by atoms with E-state index in [0.717, 1.165) is 19.4 Å². The molecule has 1 atom stereocenters. The lowest BCUT2D eigenvalue weighted by Gasteiger charge is -2.26. The summed E-state index contributed by atoms with van der Waals surface area (Å²) < 4.78 is 57.1. The number of oxazole rings is 1. The first-order valence-corrected chi connectivity index (χ1v) is 13.1. The number of nitrogens with one attached hydrogen (secondary N) is 1. The summed E-state index contributed by atoms with van der Waals surface area (Å²) in [6.45, 7) is 0.694. The standard InChI is InChI=1S/C26H27ClF3N7O2/c1-36-8-3-4-14(36)11-38-25-34-21-16(23(35-25)37-9-7-32-12-26(29,30)13-37)10-17(27)19(20(21)28)15-5-2-6-18-22(15)39-24(31)33-18/h2,5-6,10,14,32H,3-4,7-9,11-13H2,1H3,(H2,31,33)/t14-/m0/s1. The number of hydrogen-bond acceptors (Lipinski definition) is 9. The highest BCUT2D eigenvalue weighted by molar-refractivity contribution is 6.34. The first-order valence-electron chi connectivity index (χ1n) is 12.7. The van der Waals surface area contributed by atoms with Gasteiger partial charge in [0.15, 0.2) is 11.4 Å². The second-order valence-corrected chi connectivity index (χ2v) is 10.4. The Labute approximate surface area is 227 Å². The SMILES string of the molecule is CN1CCC[C@H]1COc1nc(N2CCNCC(F)(F)C2)c2cc(Cl)c(-c3cccc4nc(N)oc34)c(F)c2n1. The highest BCUT2D eigenvalue weighted by Crippen LogP contribution is 2.41. The van der Waals surface area contributed by atoms with Crippen LogP contribution < -0.4 is 20.7 Å². The first-order chi connectivity index (χ1) is 18.7. The van der Waals surface area contributed by atoms with Crippen LogP contribution in [0.25, 0.3) is 33.1 Å². The number of alkyl halides is 2. The molecule has 2 aromatic carbocycles. The molecule has 0 amide bonds. The third kappa shape index (κ3) is 4.92. The molecule has 0 aliphatic carbocycles. The monoisotopic (exact) mass is 561 g/mol. The van der Waals surface area contributed by atoms with E-state index in [9.17, 15) is 8.78 Å². The van der Waals surface area contributed by atoms with Crippen LogP contribution in [0.5, 0.6) is 6.01 Å². The predicted molar refractivity (Wildman–Crippen MR) is 143 cm³/mol. The van der Waals surface area contributed by atoms with E-state index in [1.807, 2.05) is 7.05 Å². The second-order valence-electron chi connectivity index (χ2n) is 10.0. The number of benzene rings is 2. The number of nitrogen functional groups attached to an aromatic ring is 1. The van der Waals surface area contributed by atoms with Crippen LogP contribution in [0.2, 0.25) is 5.02 Å². The predicted octanol–water partition coefficient (Wildman–Crippen LogP) is 4.33. The van der Waals surface area contributed by atoms with Crippen LogP contribution in [-0.2, 0) is 0 Å². The van der Waals surface area contributed by atoms with Crippen LogP contribution in [0.3, 0.4) is 0 Å². The van der Waals surface area contributed by atoms with Crippen molar-refractivity contribution in [2.45, 2.75) is 24.8 Å². The molecule has 2 saturated heterocycles. The number of likely N-dealkylation sites (tertiary alicyclic amines) is 1. The number of fused-ring (bicyclic) bond motifs is 2. The Morgan fingerprint density at radius 1 is 1.26 bits per heavy atom. The van der Waals surface area contributed by atoms with Crippen molar-refractivity contribution in [2.75, 3.05) is 57.0 Å². The summed E-state index contributed by atoms with van der Waals surface area (Å²) in [5.41, 5.74) is 6.71. The van der Waals surface area contributed by atoms with Gasteiger partial charge in [-0.05, 0) is 38.6 Å². The Kier molecular flexibility index (Phi) is 6.64. The smallest absolute Gasteiger partial charge is 0.319 e. The van der Waals surface area contributed by atoms with Crippen molar-refractivity contribution in [3.8, 4) is 17.1 Å². The molecule has 0 saturated carbocycles. The lowest BCUT2D eigenvalue weighted by molar-refractivity contribution is 0.0156. The van der Waals surface area contributed by atoms with Gasteiger partial charge in [0.2, 0.25) is 0 Å². The van der Waals surface area contributed by atoms with Gasteiger partial charge in [-0.1, -0.05) is 23.7 Å². The minimum Gasteiger partial charge on any atom is -0.462 e. The van der Waals surface area contributed by atoms with Crippen LogP contribution in [0.15, 0.2) is 28.7 Å². The summed E-state index contributed by atoms with van der Waals surface area (Å²) in [6.07, 6.45) is 1.98. The molecule has 4 heterocycles. The molecule has 2 aliphatic rings. The summed E-state index contributed by atoms with van der Waals surface area (Å²) >= 11 is 6.65. The molecule has 2 aliphatic heterocycles. The van der Waals surface area contributed by atoms with Crippen LogP contribution >= 0.6 is 11.6 Å². The van der Waals surface area contributed by atoms with E-state index in [4.69, 9.17) is 26.5 Å². The van der Waals surface area contributed by atoms with Crippen molar-refractivity contribution in [1.82, 2.24) is 25.2 Å². The molecular formula is C26H27ClF3N7O2. The van der Waals surface area contributed by atoms with Gasteiger partial charge in [0, 0.05) is 35.6 Å². The highest BCUT2D eigenvalue weighted by Gasteiger charge is 2.35. The number of anilines is 2. The average molecular weight is 562 g/mol. The number of aromatic nitrogens is 3. The molecule has 4 aromatic rings. The zero-order valence-corrected chi connectivity index (χ0v) is 21.9. The average Bonchev–Trinajstić information content (AvgIpc) is 3.43. The lowest BCUT2D eigenvalue weighted by atomic mass is 10.0. The Balaban J connectivity index is 1.51. The Morgan fingerprint density at radius 2 is 2.10 bits per heavy atom. The minimum absolute atomic E-state index is 0.0277. The molecule has 2 aromatic heterocycles. The van der Waals surface area contributed by atoms with Gasteiger partial charge >= 0.3 is 6.01 Å². The Morgan fingerprint density at radius 3 is 2.90 bits per heavy atom. The van der Waals surface area contributed by atoms with Gasteiger partial charge in [0.1, 0.15) is 23.5 Å². The maximum absolute atomic E-state index is 16.4. The minimum atomic E-state index is -3.02. The lowest BCUT2D eigenvalue weighted by Crippen LogP contribution is -2.39. The fraction of sp³-hybridized carbons (Fsp3) is 0.423. The van der Waals surface area contributed by atoms with E-state index in [1.165, 1.54) is 11.0 Å².